The van der Waals surface area contributed by atoms with Crippen molar-refractivity contribution in [3.05, 3.63) is 34.3 Å². The standard InChI is InChI=1S/C13H19BrN4/c1-5-17-8-10(7-15-17)6-11-9-18(13(2,3)4)16-12(11)14/h7-9H,5-6H2,1-4H3. The molecule has 0 saturated heterocycles. The molecule has 2 aromatic rings. The molecule has 4 nitrogen and oxygen atoms in total. The molecule has 0 fully saturated rings. The Kier molecular flexibility index (Phi) is 3.61. The second kappa shape index (κ2) is 4.88. The van der Waals surface area contributed by atoms with Crippen molar-refractivity contribution in [1.29, 1.82) is 0 Å². The Morgan fingerprint density at radius 1 is 1.28 bits per heavy atom. The highest BCUT2D eigenvalue weighted by atomic mass is 79.9. The lowest BCUT2D eigenvalue weighted by Gasteiger charge is -2.18. The first-order chi connectivity index (χ1) is 8.40. The predicted octanol–water partition coefficient (Wildman–Crippen LogP) is 3.21. The van der Waals surface area contributed by atoms with Crippen molar-refractivity contribution in [3.63, 3.8) is 0 Å². The summed E-state index contributed by atoms with van der Waals surface area (Å²) in [5.74, 6) is 0. The highest BCUT2D eigenvalue weighted by Gasteiger charge is 2.17. The van der Waals surface area contributed by atoms with E-state index in [2.05, 4.69) is 66.2 Å². The molecule has 0 spiro atoms. The van der Waals surface area contributed by atoms with Gasteiger partial charge in [0.05, 0.1) is 11.7 Å². The highest BCUT2D eigenvalue weighted by molar-refractivity contribution is 9.10. The Balaban J connectivity index is 2.21. The number of rotatable bonds is 3. The number of nitrogens with zero attached hydrogens (tertiary/aromatic N) is 4. The van der Waals surface area contributed by atoms with E-state index in [4.69, 9.17) is 0 Å². The number of hydrogen-bond donors (Lipinski definition) is 0. The van der Waals surface area contributed by atoms with Crippen LogP contribution in [0.15, 0.2) is 23.2 Å². The molecule has 0 bridgehead atoms. The van der Waals surface area contributed by atoms with Gasteiger partial charge in [0.25, 0.3) is 0 Å². The summed E-state index contributed by atoms with van der Waals surface area (Å²) in [7, 11) is 0. The van der Waals surface area contributed by atoms with Crippen molar-refractivity contribution in [2.24, 2.45) is 0 Å². The molecule has 2 aromatic heterocycles. The van der Waals surface area contributed by atoms with E-state index in [0.717, 1.165) is 17.6 Å². The van der Waals surface area contributed by atoms with Crippen LogP contribution in [0.4, 0.5) is 0 Å². The summed E-state index contributed by atoms with van der Waals surface area (Å²) in [5.41, 5.74) is 2.42. The van der Waals surface area contributed by atoms with Gasteiger partial charge in [-0.25, -0.2) is 0 Å². The Hall–Kier alpha value is -1.10. The van der Waals surface area contributed by atoms with Gasteiger partial charge in [-0.05, 0) is 49.2 Å². The molecule has 0 aliphatic rings. The molecule has 98 valence electrons. The van der Waals surface area contributed by atoms with Crippen molar-refractivity contribution in [2.75, 3.05) is 0 Å². The van der Waals surface area contributed by atoms with Crippen LogP contribution in [0.3, 0.4) is 0 Å². The number of aromatic nitrogens is 4. The normalized spacial score (nSPS) is 12.1. The minimum Gasteiger partial charge on any atom is -0.273 e. The van der Waals surface area contributed by atoms with E-state index in [1.807, 2.05) is 15.6 Å². The Bertz CT molecular complexity index is 533. The van der Waals surface area contributed by atoms with Gasteiger partial charge in [-0.3, -0.25) is 9.36 Å². The minimum atomic E-state index is 0.00830. The van der Waals surface area contributed by atoms with Crippen molar-refractivity contribution in [3.8, 4) is 0 Å². The Morgan fingerprint density at radius 2 is 2.00 bits per heavy atom. The zero-order valence-corrected chi connectivity index (χ0v) is 12.9. The summed E-state index contributed by atoms with van der Waals surface area (Å²) in [6, 6.07) is 0. The molecule has 0 atom stereocenters. The molecule has 0 N–H and O–H groups in total. The van der Waals surface area contributed by atoms with Crippen molar-refractivity contribution >= 4 is 15.9 Å². The molecule has 0 radical (unpaired) electrons. The smallest absolute Gasteiger partial charge is 0.131 e. The van der Waals surface area contributed by atoms with Gasteiger partial charge < -0.3 is 0 Å². The fourth-order valence-corrected chi connectivity index (χ4v) is 2.15. The highest BCUT2D eigenvalue weighted by Crippen LogP contribution is 2.22. The molecule has 0 aliphatic carbocycles. The van der Waals surface area contributed by atoms with Gasteiger partial charge in [0.1, 0.15) is 4.60 Å². The van der Waals surface area contributed by atoms with E-state index in [1.165, 1.54) is 11.1 Å². The van der Waals surface area contributed by atoms with Crippen LogP contribution in [0.2, 0.25) is 0 Å². The maximum atomic E-state index is 4.51. The topological polar surface area (TPSA) is 35.6 Å². The molecule has 0 amide bonds. The third kappa shape index (κ3) is 2.83. The molecule has 18 heavy (non-hydrogen) atoms. The van der Waals surface area contributed by atoms with Crippen molar-refractivity contribution in [1.82, 2.24) is 19.6 Å². The van der Waals surface area contributed by atoms with E-state index in [0.29, 0.717) is 0 Å². The summed E-state index contributed by atoms with van der Waals surface area (Å²) in [4.78, 5) is 0. The molecule has 0 unspecified atom stereocenters. The third-order valence-electron chi connectivity index (χ3n) is 2.83. The van der Waals surface area contributed by atoms with E-state index in [1.54, 1.807) is 0 Å². The maximum Gasteiger partial charge on any atom is 0.131 e. The second-order valence-corrected chi connectivity index (χ2v) is 6.19. The summed E-state index contributed by atoms with van der Waals surface area (Å²) in [6.07, 6.45) is 6.97. The lowest BCUT2D eigenvalue weighted by atomic mass is 10.1. The summed E-state index contributed by atoms with van der Waals surface area (Å²) < 4.78 is 4.86. The molecular weight excluding hydrogens is 292 g/mol. The van der Waals surface area contributed by atoms with Gasteiger partial charge in [0.2, 0.25) is 0 Å². The van der Waals surface area contributed by atoms with Gasteiger partial charge in [-0.1, -0.05) is 0 Å². The zero-order chi connectivity index (χ0) is 13.3. The van der Waals surface area contributed by atoms with Gasteiger partial charge in [0.15, 0.2) is 0 Å². The minimum absolute atomic E-state index is 0.00830. The van der Waals surface area contributed by atoms with E-state index < -0.39 is 0 Å². The molecule has 0 aromatic carbocycles. The zero-order valence-electron chi connectivity index (χ0n) is 11.3. The van der Waals surface area contributed by atoms with Crippen molar-refractivity contribution in [2.45, 2.75) is 46.2 Å². The van der Waals surface area contributed by atoms with Gasteiger partial charge in [0, 0.05) is 30.9 Å². The molecule has 5 heteroatoms. The molecule has 0 aliphatic heterocycles. The fourth-order valence-electron chi connectivity index (χ4n) is 1.74. The largest absolute Gasteiger partial charge is 0.273 e. The van der Waals surface area contributed by atoms with Gasteiger partial charge >= 0.3 is 0 Å². The van der Waals surface area contributed by atoms with Crippen LogP contribution in [0, 0.1) is 0 Å². The number of halogens is 1. The first-order valence-corrected chi connectivity index (χ1v) is 6.95. The molecule has 2 heterocycles. The summed E-state index contributed by atoms with van der Waals surface area (Å²) in [6.45, 7) is 9.43. The van der Waals surface area contributed by atoms with E-state index >= 15 is 0 Å². The SMILES string of the molecule is CCn1cc(Cc2cn(C(C)(C)C)nc2Br)cn1. The van der Waals surface area contributed by atoms with Crippen LogP contribution in [0.25, 0.3) is 0 Å². The lowest BCUT2D eigenvalue weighted by molar-refractivity contribution is 0.354. The first kappa shape index (κ1) is 13.3. The monoisotopic (exact) mass is 310 g/mol. The number of aryl methyl sites for hydroxylation is 1. The van der Waals surface area contributed by atoms with E-state index in [9.17, 15) is 0 Å². The van der Waals surface area contributed by atoms with Crippen LogP contribution >= 0.6 is 15.9 Å². The maximum absolute atomic E-state index is 4.51. The van der Waals surface area contributed by atoms with Crippen LogP contribution in [0.1, 0.15) is 38.8 Å². The molecule has 2 rings (SSSR count). The predicted molar refractivity (Wildman–Crippen MR) is 75.6 cm³/mol. The Morgan fingerprint density at radius 3 is 2.50 bits per heavy atom. The van der Waals surface area contributed by atoms with Crippen LogP contribution in [-0.2, 0) is 18.5 Å². The number of hydrogen-bond acceptors (Lipinski definition) is 2. The lowest BCUT2D eigenvalue weighted by Crippen LogP contribution is -2.22. The summed E-state index contributed by atoms with van der Waals surface area (Å²) in [5, 5.41) is 8.80. The first-order valence-electron chi connectivity index (χ1n) is 6.16. The van der Waals surface area contributed by atoms with Crippen molar-refractivity contribution < 1.29 is 0 Å². The average Bonchev–Trinajstić information content (AvgIpc) is 2.86. The van der Waals surface area contributed by atoms with Crippen LogP contribution in [-0.4, -0.2) is 19.6 Å². The van der Waals surface area contributed by atoms with Crippen LogP contribution in [0.5, 0.6) is 0 Å². The van der Waals surface area contributed by atoms with Crippen LogP contribution < -0.4 is 0 Å². The quantitative estimate of drug-likeness (QED) is 0.872. The third-order valence-corrected chi connectivity index (χ3v) is 3.50. The Labute approximate surface area is 116 Å². The van der Waals surface area contributed by atoms with E-state index in [-0.39, 0.29) is 5.54 Å². The molecular formula is C13H19BrN4. The average molecular weight is 311 g/mol. The summed E-state index contributed by atoms with van der Waals surface area (Å²) >= 11 is 3.53. The molecule has 0 saturated carbocycles. The van der Waals surface area contributed by atoms with Gasteiger partial charge in [-0.2, -0.15) is 10.2 Å². The fraction of sp³-hybridized carbons (Fsp3) is 0.538. The second-order valence-electron chi connectivity index (χ2n) is 5.44. The van der Waals surface area contributed by atoms with Gasteiger partial charge in [-0.15, -0.1) is 0 Å².